The molecule has 1 aromatic carbocycles. The first-order valence-corrected chi connectivity index (χ1v) is 12.1. The molecule has 168 valence electrons. The standard InChI is InChI=1S/C25H30ClN5O/c1-16-15-22(30-13-11-19(12-14-30)25(32)28-21-5-3-4-6-21)31-24(27-16)23(17(2)29-31)18-7-9-20(26)10-8-18/h7-10,15,19,21H,3-6,11-14H2,1-2H3,(H,28,32). The van der Waals surface area contributed by atoms with Crippen molar-refractivity contribution in [2.75, 3.05) is 18.0 Å². The van der Waals surface area contributed by atoms with Gasteiger partial charge in [0.05, 0.1) is 5.69 Å². The number of halogens is 1. The van der Waals surface area contributed by atoms with Gasteiger partial charge in [0.15, 0.2) is 5.65 Å². The van der Waals surface area contributed by atoms with Crippen LogP contribution < -0.4 is 10.2 Å². The summed E-state index contributed by atoms with van der Waals surface area (Å²) in [5.41, 5.74) is 4.87. The number of aromatic nitrogens is 3. The molecule has 1 amide bonds. The first-order chi connectivity index (χ1) is 15.5. The van der Waals surface area contributed by atoms with Crippen LogP contribution in [0.4, 0.5) is 5.82 Å². The molecule has 3 heterocycles. The van der Waals surface area contributed by atoms with E-state index < -0.39 is 0 Å². The summed E-state index contributed by atoms with van der Waals surface area (Å²) < 4.78 is 1.96. The van der Waals surface area contributed by atoms with Gasteiger partial charge in [0.2, 0.25) is 5.91 Å². The Morgan fingerprint density at radius 1 is 1.06 bits per heavy atom. The lowest BCUT2D eigenvalue weighted by molar-refractivity contribution is -0.126. The Labute approximate surface area is 194 Å². The van der Waals surface area contributed by atoms with Crippen molar-refractivity contribution < 1.29 is 4.79 Å². The summed E-state index contributed by atoms with van der Waals surface area (Å²) in [6.45, 7) is 5.74. The van der Waals surface area contributed by atoms with E-state index in [1.165, 1.54) is 12.8 Å². The summed E-state index contributed by atoms with van der Waals surface area (Å²) in [6, 6.07) is 10.3. The fourth-order valence-corrected chi connectivity index (χ4v) is 5.29. The number of amides is 1. The average molecular weight is 452 g/mol. The van der Waals surface area contributed by atoms with E-state index in [0.717, 1.165) is 72.8 Å². The van der Waals surface area contributed by atoms with Crippen LogP contribution in [-0.4, -0.2) is 39.6 Å². The molecular weight excluding hydrogens is 422 g/mol. The zero-order chi connectivity index (χ0) is 22.2. The minimum absolute atomic E-state index is 0.106. The number of hydrogen-bond donors (Lipinski definition) is 1. The molecule has 32 heavy (non-hydrogen) atoms. The summed E-state index contributed by atoms with van der Waals surface area (Å²) in [6.07, 6.45) is 6.47. The van der Waals surface area contributed by atoms with Crippen molar-refractivity contribution in [1.29, 1.82) is 0 Å². The Hall–Kier alpha value is -2.60. The maximum Gasteiger partial charge on any atom is 0.223 e. The zero-order valence-electron chi connectivity index (χ0n) is 18.8. The van der Waals surface area contributed by atoms with Gasteiger partial charge < -0.3 is 10.2 Å². The number of nitrogens with zero attached hydrogens (tertiary/aromatic N) is 4. The van der Waals surface area contributed by atoms with E-state index in [1.54, 1.807) is 0 Å². The van der Waals surface area contributed by atoms with Crippen molar-refractivity contribution in [3.63, 3.8) is 0 Å². The topological polar surface area (TPSA) is 62.5 Å². The second-order valence-corrected chi connectivity index (χ2v) is 9.65. The Balaban J connectivity index is 1.38. The third kappa shape index (κ3) is 4.08. The molecule has 1 aliphatic heterocycles. The van der Waals surface area contributed by atoms with Gasteiger partial charge in [0.1, 0.15) is 5.82 Å². The van der Waals surface area contributed by atoms with Gasteiger partial charge >= 0.3 is 0 Å². The van der Waals surface area contributed by atoms with Crippen molar-refractivity contribution in [2.24, 2.45) is 5.92 Å². The smallest absolute Gasteiger partial charge is 0.223 e. The Bertz CT molecular complexity index is 1130. The van der Waals surface area contributed by atoms with Crippen LogP contribution in [0.3, 0.4) is 0 Å². The number of hydrogen-bond acceptors (Lipinski definition) is 4. The first kappa shape index (κ1) is 21.3. The highest BCUT2D eigenvalue weighted by atomic mass is 35.5. The van der Waals surface area contributed by atoms with Crippen molar-refractivity contribution in [3.8, 4) is 11.1 Å². The molecule has 0 bridgehead atoms. The fourth-order valence-electron chi connectivity index (χ4n) is 5.17. The summed E-state index contributed by atoms with van der Waals surface area (Å²) in [5, 5.41) is 8.85. The van der Waals surface area contributed by atoms with Gasteiger partial charge in [-0.25, -0.2) is 4.98 Å². The molecule has 2 fully saturated rings. The van der Waals surface area contributed by atoms with E-state index in [-0.39, 0.29) is 11.8 Å². The summed E-state index contributed by atoms with van der Waals surface area (Å²) in [4.78, 5) is 19.9. The third-order valence-electron chi connectivity index (χ3n) is 6.90. The maximum absolute atomic E-state index is 12.7. The maximum atomic E-state index is 12.7. The van der Waals surface area contributed by atoms with E-state index >= 15 is 0 Å². The number of anilines is 1. The monoisotopic (exact) mass is 451 g/mol. The number of carbonyl (C=O) groups is 1. The average Bonchev–Trinajstić information content (AvgIpc) is 3.41. The lowest BCUT2D eigenvalue weighted by Crippen LogP contribution is -2.43. The minimum Gasteiger partial charge on any atom is -0.356 e. The second kappa shape index (κ2) is 8.74. The molecule has 0 radical (unpaired) electrons. The molecule has 1 aliphatic carbocycles. The molecule has 3 aromatic rings. The molecule has 1 N–H and O–H groups in total. The van der Waals surface area contributed by atoms with E-state index in [4.69, 9.17) is 21.7 Å². The highest BCUT2D eigenvalue weighted by molar-refractivity contribution is 6.30. The van der Waals surface area contributed by atoms with Gasteiger partial charge in [0, 0.05) is 47.4 Å². The third-order valence-corrected chi connectivity index (χ3v) is 7.15. The van der Waals surface area contributed by atoms with Gasteiger partial charge in [-0.2, -0.15) is 9.61 Å². The number of aryl methyl sites for hydroxylation is 2. The lowest BCUT2D eigenvalue weighted by atomic mass is 9.95. The molecule has 5 rings (SSSR count). The predicted octanol–water partition coefficient (Wildman–Crippen LogP) is 4.94. The Morgan fingerprint density at radius 2 is 1.75 bits per heavy atom. The molecule has 0 spiro atoms. The Morgan fingerprint density at radius 3 is 2.44 bits per heavy atom. The number of nitrogens with one attached hydrogen (secondary N) is 1. The molecule has 2 aliphatic rings. The number of fused-ring (bicyclic) bond motifs is 1. The Kier molecular flexibility index (Phi) is 5.80. The molecule has 6 nitrogen and oxygen atoms in total. The fraction of sp³-hybridized carbons (Fsp3) is 0.480. The van der Waals surface area contributed by atoms with Crippen LogP contribution in [0.15, 0.2) is 30.3 Å². The van der Waals surface area contributed by atoms with Crippen LogP contribution in [0.5, 0.6) is 0 Å². The van der Waals surface area contributed by atoms with Crippen LogP contribution >= 0.6 is 11.6 Å². The second-order valence-electron chi connectivity index (χ2n) is 9.21. The van der Waals surface area contributed by atoms with Gasteiger partial charge in [-0.15, -0.1) is 0 Å². The highest BCUT2D eigenvalue weighted by Gasteiger charge is 2.29. The largest absolute Gasteiger partial charge is 0.356 e. The van der Waals surface area contributed by atoms with Crippen molar-refractivity contribution >= 4 is 29.0 Å². The predicted molar refractivity (Wildman–Crippen MR) is 128 cm³/mol. The normalized spacial score (nSPS) is 17.9. The van der Waals surface area contributed by atoms with E-state index in [1.807, 2.05) is 42.6 Å². The van der Waals surface area contributed by atoms with E-state index in [2.05, 4.69) is 16.3 Å². The van der Waals surface area contributed by atoms with Crippen LogP contribution in [0.2, 0.25) is 5.02 Å². The van der Waals surface area contributed by atoms with Crippen LogP contribution in [0.25, 0.3) is 16.8 Å². The summed E-state index contributed by atoms with van der Waals surface area (Å²) in [7, 11) is 0. The molecule has 0 atom stereocenters. The number of carbonyl (C=O) groups excluding carboxylic acids is 1. The van der Waals surface area contributed by atoms with Crippen molar-refractivity contribution in [3.05, 3.63) is 46.7 Å². The molecule has 2 aromatic heterocycles. The van der Waals surface area contributed by atoms with Crippen LogP contribution in [0, 0.1) is 19.8 Å². The van der Waals surface area contributed by atoms with Gasteiger partial charge in [0.25, 0.3) is 0 Å². The number of rotatable bonds is 4. The van der Waals surface area contributed by atoms with Crippen molar-refractivity contribution in [2.45, 2.75) is 58.4 Å². The summed E-state index contributed by atoms with van der Waals surface area (Å²) in [5.74, 6) is 1.40. The highest BCUT2D eigenvalue weighted by Crippen LogP contribution is 2.32. The van der Waals surface area contributed by atoms with Gasteiger partial charge in [-0.1, -0.05) is 36.6 Å². The molecule has 0 unspecified atom stereocenters. The SMILES string of the molecule is Cc1cc(N2CCC(C(=O)NC3CCCC3)CC2)n2nc(C)c(-c3ccc(Cl)cc3)c2n1. The first-order valence-electron chi connectivity index (χ1n) is 11.7. The zero-order valence-corrected chi connectivity index (χ0v) is 19.5. The number of benzene rings is 1. The van der Waals surface area contributed by atoms with Crippen LogP contribution in [-0.2, 0) is 4.79 Å². The molecular formula is C25H30ClN5O. The molecule has 1 saturated heterocycles. The van der Waals surface area contributed by atoms with E-state index in [9.17, 15) is 4.79 Å². The summed E-state index contributed by atoms with van der Waals surface area (Å²) >= 11 is 6.09. The minimum atomic E-state index is 0.106. The molecule has 7 heteroatoms. The lowest BCUT2D eigenvalue weighted by Gasteiger charge is -2.33. The van der Waals surface area contributed by atoms with Crippen LogP contribution in [0.1, 0.15) is 49.9 Å². The van der Waals surface area contributed by atoms with Gasteiger partial charge in [-0.05, 0) is 57.2 Å². The van der Waals surface area contributed by atoms with Gasteiger partial charge in [-0.3, -0.25) is 4.79 Å². The van der Waals surface area contributed by atoms with Crippen molar-refractivity contribution in [1.82, 2.24) is 19.9 Å². The molecule has 1 saturated carbocycles. The quantitative estimate of drug-likeness (QED) is 0.610. The number of piperidine rings is 1. The van der Waals surface area contributed by atoms with E-state index in [0.29, 0.717) is 11.1 Å².